The second-order valence-electron chi connectivity index (χ2n) is 7.18. The SMILES string of the molecule is Cc1ccc([Si](C)(C)COc2ccc(COCC(=O)NP)cc2)cc1C. The minimum absolute atomic E-state index is 0.0531. The van der Waals surface area contributed by atoms with Crippen LogP contribution in [0.5, 0.6) is 5.75 Å². The molecule has 2 aromatic rings. The molecule has 2 rings (SSSR count). The molecule has 1 atom stereocenters. The van der Waals surface area contributed by atoms with Crippen molar-refractivity contribution in [1.29, 1.82) is 0 Å². The summed E-state index contributed by atoms with van der Waals surface area (Å²) in [6.45, 7) is 9.42. The number of ether oxygens (including phenoxy) is 2. The second kappa shape index (κ2) is 9.31. The van der Waals surface area contributed by atoms with E-state index in [4.69, 9.17) is 9.47 Å². The first-order valence-corrected chi connectivity index (χ1v) is 12.5. The predicted octanol–water partition coefficient (Wildman–Crippen LogP) is 3.26. The third kappa shape index (κ3) is 5.94. The summed E-state index contributed by atoms with van der Waals surface area (Å²) in [5, 5.41) is 3.86. The van der Waals surface area contributed by atoms with Crippen LogP contribution in [0.2, 0.25) is 13.1 Å². The van der Waals surface area contributed by atoms with Crippen molar-refractivity contribution in [2.75, 3.05) is 12.8 Å². The Kier molecular flexibility index (Phi) is 7.39. The van der Waals surface area contributed by atoms with Gasteiger partial charge in [-0.2, -0.15) is 0 Å². The molecule has 0 spiro atoms. The highest BCUT2D eigenvalue weighted by Crippen LogP contribution is 2.16. The first-order valence-electron chi connectivity index (χ1n) is 8.68. The summed E-state index contributed by atoms with van der Waals surface area (Å²) < 4.78 is 11.4. The van der Waals surface area contributed by atoms with E-state index in [0.29, 0.717) is 6.61 Å². The molecule has 1 N–H and O–H groups in total. The van der Waals surface area contributed by atoms with Crippen molar-refractivity contribution in [2.24, 2.45) is 0 Å². The number of carbonyl (C=O) groups is 1. The van der Waals surface area contributed by atoms with Gasteiger partial charge in [0.1, 0.15) is 20.4 Å². The van der Waals surface area contributed by atoms with E-state index < -0.39 is 8.07 Å². The number of benzene rings is 2. The Hall–Kier alpha value is -1.68. The third-order valence-corrected chi connectivity index (χ3v) is 7.54. The van der Waals surface area contributed by atoms with Gasteiger partial charge in [0.05, 0.1) is 12.8 Å². The Morgan fingerprint density at radius 3 is 2.38 bits per heavy atom. The lowest BCUT2D eigenvalue weighted by molar-refractivity contribution is -0.124. The van der Waals surface area contributed by atoms with Crippen molar-refractivity contribution in [3.63, 3.8) is 0 Å². The zero-order chi connectivity index (χ0) is 19.2. The Morgan fingerprint density at radius 2 is 1.77 bits per heavy atom. The molecular formula is C20H28NO3PSi. The molecule has 2 aromatic carbocycles. The van der Waals surface area contributed by atoms with E-state index in [-0.39, 0.29) is 12.5 Å². The lowest BCUT2D eigenvalue weighted by Crippen LogP contribution is -2.47. The number of rotatable bonds is 8. The normalized spacial score (nSPS) is 11.3. The largest absolute Gasteiger partial charge is 0.497 e. The fourth-order valence-corrected chi connectivity index (χ4v) is 4.41. The molecule has 0 aliphatic heterocycles. The molecule has 0 saturated carbocycles. The molecule has 140 valence electrons. The van der Waals surface area contributed by atoms with Gasteiger partial charge >= 0.3 is 0 Å². The Bertz CT molecular complexity index is 747. The lowest BCUT2D eigenvalue weighted by Gasteiger charge is -2.24. The topological polar surface area (TPSA) is 47.6 Å². The molecule has 4 nitrogen and oxygen atoms in total. The summed E-state index contributed by atoms with van der Waals surface area (Å²) in [4.78, 5) is 11.1. The van der Waals surface area contributed by atoms with Gasteiger partial charge in [0.15, 0.2) is 0 Å². The standard InChI is InChI=1S/C20H28NO3PSi/c1-15-5-10-19(11-16(15)2)26(3,4)14-24-18-8-6-17(7-9-18)12-23-13-20(22)21-25/h5-11H,12-14,25H2,1-4H3,(H,21,22). The monoisotopic (exact) mass is 389 g/mol. The molecule has 0 aliphatic rings. The van der Waals surface area contributed by atoms with Crippen LogP contribution in [0.15, 0.2) is 42.5 Å². The maximum Gasteiger partial charge on any atom is 0.248 e. The van der Waals surface area contributed by atoms with Gasteiger partial charge in [-0.15, -0.1) is 0 Å². The minimum atomic E-state index is -1.66. The van der Waals surface area contributed by atoms with E-state index in [0.717, 1.165) is 17.5 Å². The molecule has 26 heavy (non-hydrogen) atoms. The summed E-state index contributed by atoms with van der Waals surface area (Å²) in [6.07, 6.45) is 0.736. The van der Waals surface area contributed by atoms with Crippen LogP contribution in [0, 0.1) is 13.8 Å². The van der Waals surface area contributed by atoms with Gasteiger partial charge in [0.25, 0.3) is 0 Å². The molecule has 6 heteroatoms. The smallest absolute Gasteiger partial charge is 0.248 e. The highest BCUT2D eigenvalue weighted by molar-refractivity contribution is 7.15. The zero-order valence-electron chi connectivity index (χ0n) is 16.0. The Labute approximate surface area is 159 Å². The van der Waals surface area contributed by atoms with E-state index in [1.54, 1.807) is 0 Å². The molecule has 0 aromatic heterocycles. The van der Waals surface area contributed by atoms with Crippen LogP contribution in [-0.4, -0.2) is 26.8 Å². The van der Waals surface area contributed by atoms with E-state index in [1.807, 2.05) is 24.3 Å². The summed E-state index contributed by atoms with van der Waals surface area (Å²) in [5.41, 5.74) is 3.68. The van der Waals surface area contributed by atoms with Crippen LogP contribution in [-0.2, 0) is 16.1 Å². The van der Waals surface area contributed by atoms with Crippen molar-refractivity contribution in [1.82, 2.24) is 5.09 Å². The van der Waals surface area contributed by atoms with Gasteiger partial charge in [0.2, 0.25) is 5.91 Å². The molecule has 1 amide bonds. The van der Waals surface area contributed by atoms with Crippen LogP contribution < -0.4 is 15.0 Å². The van der Waals surface area contributed by atoms with Crippen LogP contribution in [0.3, 0.4) is 0 Å². The van der Waals surface area contributed by atoms with Crippen molar-refractivity contribution < 1.29 is 14.3 Å². The lowest BCUT2D eigenvalue weighted by atomic mass is 10.1. The quantitative estimate of drug-likeness (QED) is 0.557. The maximum absolute atomic E-state index is 11.1. The first kappa shape index (κ1) is 20.6. The third-order valence-electron chi connectivity index (χ3n) is 4.47. The molecule has 0 aliphatic carbocycles. The highest BCUT2D eigenvalue weighted by Gasteiger charge is 2.25. The van der Waals surface area contributed by atoms with Gasteiger partial charge in [0, 0.05) is 0 Å². The average molecular weight is 390 g/mol. The number of hydrogen-bond acceptors (Lipinski definition) is 3. The number of amides is 1. The minimum Gasteiger partial charge on any atom is -0.497 e. The fraction of sp³-hybridized carbons (Fsp3) is 0.350. The van der Waals surface area contributed by atoms with Gasteiger partial charge in [-0.05, 0) is 52.1 Å². The summed E-state index contributed by atoms with van der Waals surface area (Å²) in [6, 6.07) is 14.6. The molecule has 0 heterocycles. The number of hydrogen-bond donors (Lipinski definition) is 1. The molecular weight excluding hydrogens is 361 g/mol. The fourth-order valence-electron chi connectivity index (χ4n) is 2.49. The van der Waals surface area contributed by atoms with E-state index in [9.17, 15) is 4.79 Å². The molecule has 0 radical (unpaired) electrons. The van der Waals surface area contributed by atoms with Crippen LogP contribution in [0.4, 0.5) is 0 Å². The molecule has 0 fully saturated rings. The molecule has 0 bridgehead atoms. The Balaban J connectivity index is 1.90. The van der Waals surface area contributed by atoms with Gasteiger partial charge in [-0.3, -0.25) is 4.79 Å². The van der Waals surface area contributed by atoms with Gasteiger partial charge in [-0.25, -0.2) is 0 Å². The summed E-state index contributed by atoms with van der Waals surface area (Å²) in [5.74, 6) is 0.703. The summed E-state index contributed by atoms with van der Waals surface area (Å²) >= 11 is 0. The highest BCUT2D eigenvalue weighted by atomic mass is 31.0. The van der Waals surface area contributed by atoms with Crippen LogP contribution in [0.1, 0.15) is 16.7 Å². The van der Waals surface area contributed by atoms with Crippen molar-refractivity contribution in [2.45, 2.75) is 33.5 Å². The van der Waals surface area contributed by atoms with E-state index in [2.05, 4.69) is 59.6 Å². The molecule has 1 unspecified atom stereocenters. The van der Waals surface area contributed by atoms with Crippen LogP contribution >= 0.6 is 9.39 Å². The zero-order valence-corrected chi connectivity index (χ0v) is 18.1. The van der Waals surface area contributed by atoms with E-state index in [1.165, 1.54) is 16.3 Å². The van der Waals surface area contributed by atoms with E-state index >= 15 is 0 Å². The number of carbonyl (C=O) groups excluding carboxylic acids is 1. The second-order valence-corrected chi connectivity index (χ2v) is 12.1. The first-order chi connectivity index (χ1) is 12.3. The van der Waals surface area contributed by atoms with Crippen LogP contribution in [0.25, 0.3) is 0 Å². The van der Waals surface area contributed by atoms with Crippen molar-refractivity contribution in [3.8, 4) is 5.75 Å². The van der Waals surface area contributed by atoms with Gasteiger partial charge < -0.3 is 14.6 Å². The number of aryl methyl sites for hydroxylation is 2. The van der Waals surface area contributed by atoms with Crippen molar-refractivity contribution in [3.05, 3.63) is 59.2 Å². The maximum atomic E-state index is 11.1. The summed E-state index contributed by atoms with van der Waals surface area (Å²) in [7, 11) is 0.504. The molecule has 0 saturated heterocycles. The average Bonchev–Trinajstić information content (AvgIpc) is 2.63. The number of nitrogens with one attached hydrogen (secondary N) is 1. The predicted molar refractivity (Wildman–Crippen MR) is 112 cm³/mol. The Morgan fingerprint density at radius 1 is 1.08 bits per heavy atom. The van der Waals surface area contributed by atoms with Gasteiger partial charge in [-0.1, -0.05) is 48.6 Å². The van der Waals surface area contributed by atoms with Crippen molar-refractivity contribution >= 4 is 28.6 Å².